The zero-order valence-electron chi connectivity index (χ0n) is 20.0. The standard InChI is InChI=1S/C27H24BrClFN3O3/c1-4-16(2)26-32-23-10-7-19(28)12-22(23)27(34)33(26)31-14-18-11-20(29)13-24(35-3)25(18)36-15-17-5-8-21(30)9-6-17/h5-14,16H,4,15H2,1-3H3/t16-/m0/s1. The molecule has 0 saturated carbocycles. The summed E-state index contributed by atoms with van der Waals surface area (Å²) in [6.07, 6.45) is 2.29. The molecule has 9 heteroatoms. The van der Waals surface area contributed by atoms with Crippen LogP contribution < -0.4 is 15.0 Å². The second-order valence-electron chi connectivity index (χ2n) is 8.24. The van der Waals surface area contributed by atoms with Gasteiger partial charge in [-0.1, -0.05) is 53.5 Å². The van der Waals surface area contributed by atoms with Crippen molar-refractivity contribution in [2.75, 3.05) is 7.11 Å². The minimum absolute atomic E-state index is 0.00834. The van der Waals surface area contributed by atoms with Crippen molar-refractivity contribution in [3.05, 3.63) is 97.2 Å². The summed E-state index contributed by atoms with van der Waals surface area (Å²) in [6, 6.07) is 14.7. The number of ether oxygens (including phenoxy) is 2. The van der Waals surface area contributed by atoms with Crippen molar-refractivity contribution in [3.63, 3.8) is 0 Å². The minimum atomic E-state index is -0.325. The Hall–Kier alpha value is -3.23. The van der Waals surface area contributed by atoms with Gasteiger partial charge in [-0.3, -0.25) is 4.79 Å². The van der Waals surface area contributed by atoms with Gasteiger partial charge in [0.15, 0.2) is 11.5 Å². The van der Waals surface area contributed by atoms with Gasteiger partial charge >= 0.3 is 0 Å². The van der Waals surface area contributed by atoms with Gasteiger partial charge in [-0.05, 0) is 48.4 Å². The van der Waals surface area contributed by atoms with E-state index in [-0.39, 0.29) is 23.9 Å². The van der Waals surface area contributed by atoms with E-state index in [0.29, 0.717) is 38.8 Å². The fourth-order valence-corrected chi connectivity index (χ4v) is 4.20. The van der Waals surface area contributed by atoms with E-state index in [2.05, 4.69) is 21.0 Å². The fourth-order valence-electron chi connectivity index (χ4n) is 3.63. The first-order valence-corrected chi connectivity index (χ1v) is 12.5. The number of rotatable bonds is 8. The molecule has 186 valence electrons. The quantitative estimate of drug-likeness (QED) is 0.215. The van der Waals surface area contributed by atoms with Gasteiger partial charge in [-0.15, -0.1) is 0 Å². The molecule has 0 amide bonds. The highest BCUT2D eigenvalue weighted by Gasteiger charge is 2.17. The third-order valence-corrected chi connectivity index (χ3v) is 6.47. The molecule has 0 aliphatic heterocycles. The van der Waals surface area contributed by atoms with E-state index < -0.39 is 0 Å². The number of hydrogen-bond acceptors (Lipinski definition) is 5. The maximum atomic E-state index is 13.4. The lowest BCUT2D eigenvalue weighted by Gasteiger charge is -2.15. The van der Waals surface area contributed by atoms with Crippen LogP contribution in [0.5, 0.6) is 11.5 Å². The second-order valence-corrected chi connectivity index (χ2v) is 9.60. The largest absolute Gasteiger partial charge is 0.493 e. The molecule has 0 bridgehead atoms. The first-order valence-electron chi connectivity index (χ1n) is 11.3. The molecule has 1 atom stereocenters. The van der Waals surface area contributed by atoms with Crippen molar-refractivity contribution in [2.45, 2.75) is 32.8 Å². The van der Waals surface area contributed by atoms with Crippen molar-refractivity contribution in [1.82, 2.24) is 9.66 Å². The third-order valence-electron chi connectivity index (χ3n) is 5.76. The van der Waals surface area contributed by atoms with Gasteiger partial charge in [0.05, 0.1) is 24.2 Å². The molecule has 0 unspecified atom stereocenters. The highest BCUT2D eigenvalue weighted by molar-refractivity contribution is 9.10. The molecule has 0 radical (unpaired) electrons. The molecule has 1 heterocycles. The molecular formula is C27H24BrClFN3O3. The van der Waals surface area contributed by atoms with E-state index >= 15 is 0 Å². The molecule has 4 rings (SSSR count). The van der Waals surface area contributed by atoms with Gasteiger partial charge in [-0.25, -0.2) is 9.37 Å². The second kappa shape index (κ2) is 11.2. The zero-order chi connectivity index (χ0) is 25.8. The minimum Gasteiger partial charge on any atom is -0.493 e. The highest BCUT2D eigenvalue weighted by Crippen LogP contribution is 2.34. The van der Waals surface area contributed by atoms with E-state index in [4.69, 9.17) is 26.1 Å². The predicted octanol–water partition coefficient (Wildman–Crippen LogP) is 6.93. The summed E-state index contributed by atoms with van der Waals surface area (Å²) in [5.41, 5.74) is 1.61. The lowest BCUT2D eigenvalue weighted by molar-refractivity contribution is 0.284. The number of methoxy groups -OCH3 is 1. The zero-order valence-corrected chi connectivity index (χ0v) is 22.3. The number of fused-ring (bicyclic) bond motifs is 1. The molecule has 0 spiro atoms. The lowest BCUT2D eigenvalue weighted by atomic mass is 10.1. The number of aromatic nitrogens is 2. The van der Waals surface area contributed by atoms with Crippen LogP contribution in [0, 0.1) is 5.82 Å². The molecule has 6 nitrogen and oxygen atoms in total. The Bertz CT molecular complexity index is 1490. The summed E-state index contributed by atoms with van der Waals surface area (Å²) >= 11 is 9.74. The molecular weight excluding hydrogens is 549 g/mol. The lowest BCUT2D eigenvalue weighted by Crippen LogP contribution is -2.23. The number of hydrogen-bond donors (Lipinski definition) is 0. The van der Waals surface area contributed by atoms with Crippen LogP contribution in [0.2, 0.25) is 5.02 Å². The van der Waals surface area contributed by atoms with Crippen LogP contribution in [-0.4, -0.2) is 23.0 Å². The van der Waals surface area contributed by atoms with Crippen LogP contribution in [0.1, 0.15) is 43.1 Å². The number of benzene rings is 3. The van der Waals surface area contributed by atoms with Crippen molar-refractivity contribution in [1.29, 1.82) is 0 Å². The van der Waals surface area contributed by atoms with Crippen LogP contribution in [0.3, 0.4) is 0 Å². The average Bonchev–Trinajstić information content (AvgIpc) is 2.87. The highest BCUT2D eigenvalue weighted by atomic mass is 79.9. The monoisotopic (exact) mass is 571 g/mol. The van der Waals surface area contributed by atoms with Crippen LogP contribution in [-0.2, 0) is 6.61 Å². The normalized spacial score (nSPS) is 12.3. The SMILES string of the molecule is CC[C@H](C)c1nc2ccc(Br)cc2c(=O)n1N=Cc1cc(Cl)cc(OC)c1OCc1ccc(F)cc1. The molecule has 0 fully saturated rings. The Morgan fingerprint density at radius 2 is 1.94 bits per heavy atom. The summed E-state index contributed by atoms with van der Waals surface area (Å²) in [6.45, 7) is 4.20. The molecule has 0 aliphatic carbocycles. The van der Waals surface area contributed by atoms with Gasteiger partial charge in [0, 0.05) is 27.0 Å². The Labute approximate surface area is 221 Å². The summed E-state index contributed by atoms with van der Waals surface area (Å²) < 4.78 is 26.9. The van der Waals surface area contributed by atoms with Crippen molar-refractivity contribution < 1.29 is 13.9 Å². The van der Waals surface area contributed by atoms with Crippen molar-refractivity contribution in [3.8, 4) is 11.5 Å². The van der Waals surface area contributed by atoms with E-state index in [1.807, 2.05) is 26.0 Å². The van der Waals surface area contributed by atoms with Gasteiger partial charge in [0.2, 0.25) is 0 Å². The van der Waals surface area contributed by atoms with Gasteiger partial charge in [0.1, 0.15) is 18.2 Å². The van der Waals surface area contributed by atoms with Gasteiger partial charge in [0.25, 0.3) is 5.56 Å². The Morgan fingerprint density at radius 3 is 2.64 bits per heavy atom. The van der Waals surface area contributed by atoms with Gasteiger partial charge in [-0.2, -0.15) is 9.78 Å². The smallest absolute Gasteiger partial charge is 0.282 e. The molecule has 3 aromatic carbocycles. The maximum absolute atomic E-state index is 13.4. The van der Waals surface area contributed by atoms with E-state index in [0.717, 1.165) is 16.5 Å². The molecule has 0 aliphatic rings. The van der Waals surface area contributed by atoms with Crippen LogP contribution in [0.25, 0.3) is 10.9 Å². The van der Waals surface area contributed by atoms with Crippen molar-refractivity contribution >= 4 is 44.6 Å². The van der Waals surface area contributed by atoms with Crippen LogP contribution >= 0.6 is 27.5 Å². The molecule has 36 heavy (non-hydrogen) atoms. The first kappa shape index (κ1) is 25.9. The summed E-state index contributed by atoms with van der Waals surface area (Å²) in [7, 11) is 1.51. The van der Waals surface area contributed by atoms with E-state index in [1.165, 1.54) is 30.1 Å². The number of halogens is 3. The Kier molecular flexibility index (Phi) is 8.06. The molecule has 0 saturated heterocycles. The van der Waals surface area contributed by atoms with Crippen LogP contribution in [0.4, 0.5) is 4.39 Å². The maximum Gasteiger partial charge on any atom is 0.282 e. The molecule has 4 aromatic rings. The molecule has 1 aromatic heterocycles. The summed E-state index contributed by atoms with van der Waals surface area (Å²) in [5.74, 6) is 1.02. The predicted molar refractivity (Wildman–Crippen MR) is 144 cm³/mol. The first-order chi connectivity index (χ1) is 17.3. The Morgan fingerprint density at radius 1 is 1.19 bits per heavy atom. The molecule has 0 N–H and O–H groups in total. The average molecular weight is 573 g/mol. The summed E-state index contributed by atoms with van der Waals surface area (Å²) in [4.78, 5) is 18.2. The van der Waals surface area contributed by atoms with Gasteiger partial charge < -0.3 is 9.47 Å². The van der Waals surface area contributed by atoms with Crippen molar-refractivity contribution in [2.24, 2.45) is 5.10 Å². The van der Waals surface area contributed by atoms with E-state index in [1.54, 1.807) is 30.3 Å². The number of nitrogens with zero attached hydrogens (tertiary/aromatic N) is 3. The fraction of sp³-hybridized carbons (Fsp3) is 0.222. The van der Waals surface area contributed by atoms with Crippen LogP contribution in [0.15, 0.2) is 69.0 Å². The topological polar surface area (TPSA) is 65.7 Å². The summed E-state index contributed by atoms with van der Waals surface area (Å²) in [5, 5.41) is 5.39. The Balaban J connectivity index is 1.80. The third kappa shape index (κ3) is 5.60. The van der Waals surface area contributed by atoms with E-state index in [9.17, 15) is 9.18 Å².